The first-order chi connectivity index (χ1) is 14.5. The van der Waals surface area contributed by atoms with Crippen molar-refractivity contribution >= 4 is 16.9 Å². The summed E-state index contributed by atoms with van der Waals surface area (Å²) >= 11 is 0. The van der Waals surface area contributed by atoms with E-state index in [0.717, 1.165) is 28.1 Å². The van der Waals surface area contributed by atoms with Gasteiger partial charge in [-0.3, -0.25) is 4.79 Å². The van der Waals surface area contributed by atoms with Crippen molar-refractivity contribution in [1.82, 2.24) is 24.4 Å². The molecule has 1 amide bonds. The first kappa shape index (κ1) is 18.5. The Morgan fingerprint density at radius 3 is 2.53 bits per heavy atom. The quantitative estimate of drug-likeness (QED) is 0.551. The fourth-order valence-electron chi connectivity index (χ4n) is 3.77. The predicted molar refractivity (Wildman–Crippen MR) is 109 cm³/mol. The van der Waals surface area contributed by atoms with Crippen molar-refractivity contribution in [2.24, 2.45) is 0 Å². The zero-order valence-electron chi connectivity index (χ0n) is 16.1. The van der Waals surface area contributed by atoms with Gasteiger partial charge in [0.2, 0.25) is 0 Å². The third-order valence-corrected chi connectivity index (χ3v) is 5.47. The van der Waals surface area contributed by atoms with Crippen LogP contribution in [-0.2, 0) is 0 Å². The summed E-state index contributed by atoms with van der Waals surface area (Å²) in [7, 11) is 0. The molecule has 0 spiro atoms. The van der Waals surface area contributed by atoms with Gasteiger partial charge in [-0.25, -0.2) is 18.7 Å². The fraction of sp³-hybridized carbons (Fsp3) is 0.227. The molecule has 0 radical (unpaired) electrons. The van der Waals surface area contributed by atoms with E-state index in [9.17, 15) is 13.6 Å². The Bertz CT molecular complexity index is 1190. The number of alkyl halides is 2. The monoisotopic (exact) mass is 407 g/mol. The van der Waals surface area contributed by atoms with E-state index in [1.807, 2.05) is 41.1 Å². The second-order valence-corrected chi connectivity index (χ2v) is 7.46. The number of likely N-dealkylation sites (tertiary alicyclic amines) is 1. The third kappa shape index (κ3) is 3.34. The lowest BCUT2D eigenvalue weighted by atomic mass is 10.1. The first-order valence-electron chi connectivity index (χ1n) is 9.75. The molecule has 1 aliphatic heterocycles. The van der Waals surface area contributed by atoms with Crippen molar-refractivity contribution in [3.05, 3.63) is 66.7 Å². The molecule has 0 unspecified atom stereocenters. The lowest BCUT2D eigenvalue weighted by Crippen LogP contribution is -2.42. The molecule has 152 valence electrons. The highest BCUT2D eigenvalue weighted by atomic mass is 19.3. The number of aromatic amines is 1. The number of fused-ring (bicyclic) bond motifs is 1. The van der Waals surface area contributed by atoms with E-state index in [0.29, 0.717) is 5.56 Å². The molecule has 1 aromatic carbocycles. The van der Waals surface area contributed by atoms with E-state index in [2.05, 4.69) is 15.0 Å². The van der Waals surface area contributed by atoms with Crippen molar-refractivity contribution < 1.29 is 13.6 Å². The summed E-state index contributed by atoms with van der Waals surface area (Å²) in [6, 6.07) is 11.6. The number of carbonyl (C=O) groups is 1. The highest BCUT2D eigenvalue weighted by molar-refractivity contribution is 5.97. The summed E-state index contributed by atoms with van der Waals surface area (Å²) in [6.07, 6.45) is 6.32. The van der Waals surface area contributed by atoms with E-state index in [-0.39, 0.29) is 31.8 Å². The van der Waals surface area contributed by atoms with Gasteiger partial charge < -0.3 is 14.5 Å². The summed E-state index contributed by atoms with van der Waals surface area (Å²) in [5.74, 6) is -2.13. The maximum Gasteiger partial charge on any atom is 0.255 e. The molecule has 0 atom stereocenters. The van der Waals surface area contributed by atoms with Crippen LogP contribution in [0.4, 0.5) is 8.78 Å². The molecule has 5 rings (SSSR count). The van der Waals surface area contributed by atoms with Gasteiger partial charge in [0, 0.05) is 67.4 Å². The normalized spacial score (nSPS) is 16.1. The minimum absolute atomic E-state index is 0.0624. The fourth-order valence-corrected chi connectivity index (χ4v) is 3.77. The van der Waals surface area contributed by atoms with Gasteiger partial charge >= 0.3 is 0 Å². The Balaban J connectivity index is 1.39. The molecule has 4 heterocycles. The molecule has 0 saturated carbocycles. The van der Waals surface area contributed by atoms with Crippen molar-refractivity contribution in [1.29, 1.82) is 0 Å². The van der Waals surface area contributed by atoms with Crippen LogP contribution in [0.3, 0.4) is 0 Å². The molecule has 1 aliphatic rings. The van der Waals surface area contributed by atoms with Gasteiger partial charge in [-0.15, -0.1) is 0 Å². The number of hydrogen-bond acceptors (Lipinski definition) is 3. The highest BCUT2D eigenvalue weighted by Crippen LogP contribution is 2.29. The number of H-pyrrole nitrogens is 1. The molecule has 30 heavy (non-hydrogen) atoms. The third-order valence-electron chi connectivity index (χ3n) is 5.47. The van der Waals surface area contributed by atoms with Crippen LogP contribution in [0.2, 0.25) is 0 Å². The number of carbonyl (C=O) groups excluding carboxylic acids is 1. The topological polar surface area (TPSA) is 66.8 Å². The lowest BCUT2D eigenvalue weighted by Gasteiger charge is -2.31. The smallest absolute Gasteiger partial charge is 0.255 e. The van der Waals surface area contributed by atoms with Crippen LogP contribution < -0.4 is 0 Å². The lowest BCUT2D eigenvalue weighted by molar-refractivity contribution is -0.0494. The number of imidazole rings is 1. The maximum atomic E-state index is 13.4. The number of nitrogens with one attached hydrogen (secondary N) is 1. The number of amides is 1. The van der Waals surface area contributed by atoms with Crippen LogP contribution in [0, 0.1) is 0 Å². The molecule has 4 aromatic rings. The number of nitrogens with zero attached hydrogens (tertiary/aromatic N) is 4. The second kappa shape index (κ2) is 7.05. The summed E-state index contributed by atoms with van der Waals surface area (Å²) in [5, 5.41) is 0.818. The van der Waals surface area contributed by atoms with E-state index in [1.165, 1.54) is 11.1 Å². The summed E-state index contributed by atoms with van der Waals surface area (Å²) in [5.41, 5.74) is 3.06. The number of benzene rings is 1. The van der Waals surface area contributed by atoms with Crippen LogP contribution in [0.5, 0.6) is 0 Å². The molecular weight excluding hydrogens is 388 g/mol. The van der Waals surface area contributed by atoms with Gasteiger partial charge in [0.15, 0.2) is 0 Å². The predicted octanol–water partition coefficient (Wildman–Crippen LogP) is 4.29. The Morgan fingerprint density at radius 1 is 1.07 bits per heavy atom. The van der Waals surface area contributed by atoms with Crippen molar-refractivity contribution in [2.75, 3.05) is 13.1 Å². The number of hydrogen-bond donors (Lipinski definition) is 1. The number of rotatable bonds is 3. The van der Waals surface area contributed by atoms with Gasteiger partial charge in [0.1, 0.15) is 11.5 Å². The summed E-state index contributed by atoms with van der Waals surface area (Å²) in [4.78, 5) is 26.0. The molecular formula is C22H19F2N5O. The summed E-state index contributed by atoms with van der Waals surface area (Å²) in [6.45, 7) is 0.125. The van der Waals surface area contributed by atoms with Crippen LogP contribution in [0.1, 0.15) is 23.2 Å². The summed E-state index contributed by atoms with van der Waals surface area (Å²) < 4.78 is 28.7. The first-order valence-corrected chi connectivity index (χ1v) is 9.75. The second-order valence-electron chi connectivity index (χ2n) is 7.46. The van der Waals surface area contributed by atoms with Crippen LogP contribution in [-0.4, -0.2) is 49.3 Å². The zero-order valence-corrected chi connectivity index (χ0v) is 16.1. The molecule has 0 aliphatic carbocycles. The minimum Gasteiger partial charge on any atom is -0.345 e. The van der Waals surface area contributed by atoms with Gasteiger partial charge in [0.25, 0.3) is 11.8 Å². The average molecular weight is 407 g/mol. The zero-order chi connectivity index (χ0) is 20.7. The van der Waals surface area contributed by atoms with Gasteiger partial charge in [0.05, 0.1) is 5.56 Å². The van der Waals surface area contributed by atoms with E-state index < -0.39 is 5.92 Å². The van der Waals surface area contributed by atoms with Gasteiger partial charge in [-0.05, 0) is 36.4 Å². The van der Waals surface area contributed by atoms with Gasteiger partial charge in [-0.2, -0.15) is 0 Å². The Hall–Kier alpha value is -3.55. The number of aromatic nitrogens is 4. The Morgan fingerprint density at radius 2 is 1.83 bits per heavy atom. The highest BCUT2D eigenvalue weighted by Gasteiger charge is 2.35. The van der Waals surface area contributed by atoms with Crippen LogP contribution >= 0.6 is 0 Å². The van der Waals surface area contributed by atoms with E-state index >= 15 is 0 Å². The Labute approximate surface area is 171 Å². The molecule has 0 bridgehead atoms. The maximum absolute atomic E-state index is 13.4. The van der Waals surface area contributed by atoms with Gasteiger partial charge in [-0.1, -0.05) is 0 Å². The van der Waals surface area contributed by atoms with Crippen LogP contribution in [0.25, 0.3) is 28.1 Å². The molecule has 6 nitrogen and oxygen atoms in total. The molecule has 1 N–H and O–H groups in total. The number of piperidine rings is 1. The minimum atomic E-state index is -2.68. The SMILES string of the molecule is O=C(c1cnc2c(ccn2-c2ccc(-c3ncc[nH]3)cc2)c1)N1CCC(F)(F)CC1. The molecule has 8 heteroatoms. The van der Waals surface area contributed by atoms with Crippen LogP contribution in [0.15, 0.2) is 61.2 Å². The number of pyridine rings is 1. The largest absolute Gasteiger partial charge is 0.345 e. The average Bonchev–Trinajstić information content (AvgIpc) is 3.43. The van der Waals surface area contributed by atoms with E-state index in [1.54, 1.807) is 18.5 Å². The van der Waals surface area contributed by atoms with E-state index in [4.69, 9.17) is 0 Å². The number of halogens is 2. The molecule has 1 fully saturated rings. The molecule has 3 aromatic heterocycles. The Kier molecular flexibility index (Phi) is 4.34. The van der Waals surface area contributed by atoms with Crippen molar-refractivity contribution in [3.8, 4) is 17.1 Å². The van der Waals surface area contributed by atoms with Crippen molar-refractivity contribution in [3.63, 3.8) is 0 Å². The van der Waals surface area contributed by atoms with Crippen molar-refractivity contribution in [2.45, 2.75) is 18.8 Å². The standard InChI is InChI=1S/C22H19F2N5O/c23-22(24)6-11-28(12-7-22)21(30)17-13-16-5-10-29(20(16)27-14-17)18-3-1-15(2-4-18)19-25-8-9-26-19/h1-5,8-10,13-14H,6-7,11-12H2,(H,25,26). The molecule has 1 saturated heterocycles.